The summed E-state index contributed by atoms with van der Waals surface area (Å²) in [5, 5.41) is 12.4. The number of carbonyl (C=O) groups excluding carboxylic acids is 2. The van der Waals surface area contributed by atoms with E-state index in [0.717, 1.165) is 16.7 Å². The molecular formula is C38H35N3O6. The van der Waals surface area contributed by atoms with Crippen LogP contribution in [-0.4, -0.2) is 52.0 Å². The molecule has 9 nitrogen and oxygen atoms in total. The molecule has 0 aliphatic rings. The third-order valence-corrected chi connectivity index (χ3v) is 7.37. The molecule has 0 saturated carbocycles. The average molecular weight is 630 g/mol. The molecule has 0 aliphatic carbocycles. The summed E-state index contributed by atoms with van der Waals surface area (Å²) < 4.78 is 11.7. The summed E-state index contributed by atoms with van der Waals surface area (Å²) in [5.74, 6) is -0.622. The van der Waals surface area contributed by atoms with Crippen molar-refractivity contribution in [1.29, 1.82) is 0 Å². The zero-order valence-electron chi connectivity index (χ0n) is 25.7. The monoisotopic (exact) mass is 629 g/mol. The molecule has 0 radical (unpaired) electrons. The van der Waals surface area contributed by atoms with E-state index in [1.54, 1.807) is 78.0 Å². The van der Waals surface area contributed by atoms with Gasteiger partial charge in [-0.05, 0) is 65.2 Å². The van der Waals surface area contributed by atoms with Crippen LogP contribution in [0.5, 0.6) is 11.5 Å². The molecule has 238 valence electrons. The minimum atomic E-state index is -1.14. The molecule has 0 bridgehead atoms. The molecule has 0 spiro atoms. The predicted molar refractivity (Wildman–Crippen MR) is 177 cm³/mol. The van der Waals surface area contributed by atoms with E-state index >= 15 is 0 Å². The quantitative estimate of drug-likeness (QED) is 0.150. The number of ether oxygens (including phenoxy) is 2. The van der Waals surface area contributed by atoms with Crippen molar-refractivity contribution in [3.05, 3.63) is 162 Å². The lowest BCUT2D eigenvalue weighted by atomic mass is 10.1. The average Bonchev–Trinajstić information content (AvgIpc) is 3.11. The second-order valence-electron chi connectivity index (χ2n) is 10.8. The molecular weight excluding hydrogens is 594 g/mol. The van der Waals surface area contributed by atoms with Crippen molar-refractivity contribution in [2.45, 2.75) is 25.6 Å². The van der Waals surface area contributed by atoms with Crippen LogP contribution in [0.2, 0.25) is 0 Å². The molecule has 5 rings (SSSR count). The fourth-order valence-corrected chi connectivity index (χ4v) is 4.84. The summed E-state index contributed by atoms with van der Waals surface area (Å²) in [4.78, 5) is 43.9. The topological polar surface area (TPSA) is 118 Å². The van der Waals surface area contributed by atoms with Gasteiger partial charge in [0.25, 0.3) is 11.8 Å². The van der Waals surface area contributed by atoms with Crippen LogP contribution < -0.4 is 14.8 Å². The van der Waals surface area contributed by atoms with Crippen molar-refractivity contribution in [1.82, 2.24) is 15.2 Å². The lowest BCUT2D eigenvalue weighted by Gasteiger charge is -2.23. The van der Waals surface area contributed by atoms with E-state index in [9.17, 15) is 19.5 Å². The number of pyridine rings is 1. The number of aromatic nitrogens is 1. The molecule has 1 atom stereocenters. The van der Waals surface area contributed by atoms with Gasteiger partial charge in [-0.2, -0.15) is 0 Å². The number of rotatable bonds is 15. The van der Waals surface area contributed by atoms with E-state index in [4.69, 9.17) is 9.47 Å². The van der Waals surface area contributed by atoms with Crippen molar-refractivity contribution < 1.29 is 29.0 Å². The number of hydrogen-bond donors (Lipinski definition) is 2. The molecule has 2 N–H and O–H groups in total. The molecule has 0 saturated heterocycles. The zero-order chi connectivity index (χ0) is 32.8. The van der Waals surface area contributed by atoms with E-state index in [1.165, 1.54) is 0 Å². The summed E-state index contributed by atoms with van der Waals surface area (Å²) in [7, 11) is 0. The minimum Gasteiger partial charge on any atom is -0.492 e. The van der Waals surface area contributed by atoms with Gasteiger partial charge in [-0.25, -0.2) is 4.79 Å². The third-order valence-electron chi connectivity index (χ3n) is 7.37. The Bertz CT molecular complexity index is 1730. The van der Waals surface area contributed by atoms with Crippen molar-refractivity contribution in [2.24, 2.45) is 0 Å². The summed E-state index contributed by atoms with van der Waals surface area (Å²) in [6.45, 7) is 1.39. The number of carboxylic acids is 1. The zero-order valence-corrected chi connectivity index (χ0v) is 25.7. The second kappa shape index (κ2) is 16.4. The molecule has 2 amide bonds. The van der Waals surface area contributed by atoms with Gasteiger partial charge in [0.15, 0.2) is 0 Å². The van der Waals surface area contributed by atoms with Gasteiger partial charge in [0, 0.05) is 30.9 Å². The highest BCUT2D eigenvalue weighted by Crippen LogP contribution is 2.17. The lowest BCUT2D eigenvalue weighted by Crippen LogP contribution is -2.42. The first kappa shape index (κ1) is 32.4. The molecule has 4 aromatic carbocycles. The Kier molecular flexibility index (Phi) is 11.3. The number of nitrogens with one attached hydrogen (secondary N) is 1. The maximum absolute atomic E-state index is 13.2. The number of carbonyl (C=O) groups is 3. The predicted octanol–water partition coefficient (Wildman–Crippen LogP) is 5.81. The van der Waals surface area contributed by atoms with Crippen LogP contribution in [0, 0.1) is 0 Å². The standard InChI is InChI=1S/C38H35N3O6/c42-36(40-35(38(44)45)24-28-13-17-34(18-14-28)47-27-30-10-5-2-6-11-30)31-15-19-33(20-16-31)46-23-22-41(26-29-8-3-1-4-9-29)37(43)32-12-7-21-39-25-32/h1-21,25,35H,22-24,26-27H2,(H,40,42)(H,44,45)/t35-/m0/s1. The van der Waals surface area contributed by atoms with Crippen LogP contribution in [0.25, 0.3) is 0 Å². The van der Waals surface area contributed by atoms with Gasteiger partial charge in [0.1, 0.15) is 30.8 Å². The largest absolute Gasteiger partial charge is 0.492 e. The molecule has 0 fully saturated rings. The molecule has 0 aliphatic heterocycles. The maximum atomic E-state index is 13.2. The van der Waals surface area contributed by atoms with Crippen LogP contribution in [0.4, 0.5) is 0 Å². The van der Waals surface area contributed by atoms with Gasteiger partial charge < -0.3 is 24.8 Å². The summed E-state index contributed by atoms with van der Waals surface area (Å²) in [6, 6.07) is 35.4. The summed E-state index contributed by atoms with van der Waals surface area (Å²) in [5.41, 5.74) is 3.57. The Hall–Kier alpha value is -5.96. The Balaban J connectivity index is 1.13. The first-order chi connectivity index (χ1) is 22.9. The van der Waals surface area contributed by atoms with Crippen molar-refractivity contribution in [3.8, 4) is 11.5 Å². The Morgan fingerprint density at radius 1 is 0.702 bits per heavy atom. The number of aliphatic carboxylic acids is 1. The maximum Gasteiger partial charge on any atom is 0.326 e. The highest BCUT2D eigenvalue weighted by atomic mass is 16.5. The lowest BCUT2D eigenvalue weighted by molar-refractivity contribution is -0.139. The molecule has 9 heteroatoms. The van der Waals surface area contributed by atoms with E-state index in [-0.39, 0.29) is 18.9 Å². The van der Waals surface area contributed by atoms with Crippen molar-refractivity contribution >= 4 is 17.8 Å². The van der Waals surface area contributed by atoms with Crippen LogP contribution in [-0.2, 0) is 24.4 Å². The van der Waals surface area contributed by atoms with Gasteiger partial charge in [0.05, 0.1) is 12.1 Å². The summed E-state index contributed by atoms with van der Waals surface area (Å²) >= 11 is 0. The smallest absolute Gasteiger partial charge is 0.326 e. The van der Waals surface area contributed by atoms with Gasteiger partial charge in [-0.3, -0.25) is 14.6 Å². The van der Waals surface area contributed by atoms with Crippen LogP contribution in [0.3, 0.4) is 0 Å². The van der Waals surface area contributed by atoms with Crippen LogP contribution in [0.1, 0.15) is 37.4 Å². The number of carboxylic acid groups (broad SMARTS) is 1. The van der Waals surface area contributed by atoms with Crippen molar-refractivity contribution in [2.75, 3.05) is 13.2 Å². The molecule has 1 aromatic heterocycles. The first-order valence-electron chi connectivity index (χ1n) is 15.2. The first-order valence-corrected chi connectivity index (χ1v) is 15.2. The van der Waals surface area contributed by atoms with E-state index in [1.807, 2.05) is 60.7 Å². The van der Waals surface area contributed by atoms with Gasteiger partial charge in [-0.1, -0.05) is 72.8 Å². The van der Waals surface area contributed by atoms with Gasteiger partial charge in [0.2, 0.25) is 0 Å². The van der Waals surface area contributed by atoms with Crippen LogP contribution in [0.15, 0.2) is 134 Å². The molecule has 1 heterocycles. The third kappa shape index (κ3) is 9.76. The number of benzene rings is 4. The number of amides is 2. The van der Waals surface area contributed by atoms with Crippen LogP contribution >= 0.6 is 0 Å². The SMILES string of the molecule is O=C(N[C@@H](Cc1ccc(OCc2ccccc2)cc1)C(=O)O)c1ccc(OCCN(Cc2ccccc2)C(=O)c2cccnc2)cc1. The Morgan fingerprint density at radius 2 is 1.34 bits per heavy atom. The number of hydrogen-bond acceptors (Lipinski definition) is 6. The fourth-order valence-electron chi connectivity index (χ4n) is 4.84. The molecule has 5 aromatic rings. The highest BCUT2D eigenvalue weighted by Gasteiger charge is 2.22. The van der Waals surface area contributed by atoms with Gasteiger partial charge in [-0.15, -0.1) is 0 Å². The highest BCUT2D eigenvalue weighted by molar-refractivity contribution is 5.96. The summed E-state index contributed by atoms with van der Waals surface area (Å²) in [6.07, 6.45) is 3.27. The van der Waals surface area contributed by atoms with E-state index in [0.29, 0.717) is 42.3 Å². The van der Waals surface area contributed by atoms with E-state index in [2.05, 4.69) is 10.3 Å². The fraction of sp³-hybridized carbons (Fsp3) is 0.158. The van der Waals surface area contributed by atoms with Crippen molar-refractivity contribution in [3.63, 3.8) is 0 Å². The molecule has 0 unspecified atom stereocenters. The minimum absolute atomic E-state index is 0.110. The second-order valence-corrected chi connectivity index (χ2v) is 10.8. The number of nitrogens with zero attached hydrogens (tertiary/aromatic N) is 2. The van der Waals surface area contributed by atoms with E-state index < -0.39 is 17.9 Å². The van der Waals surface area contributed by atoms with Gasteiger partial charge >= 0.3 is 5.97 Å². The normalized spacial score (nSPS) is 11.2. The Morgan fingerprint density at radius 3 is 1.98 bits per heavy atom. The molecule has 47 heavy (non-hydrogen) atoms. The Labute approximate surface area is 273 Å².